The van der Waals surface area contributed by atoms with Gasteiger partial charge in [-0.3, -0.25) is 0 Å². The maximum atomic E-state index is 12.2. The second-order valence-electron chi connectivity index (χ2n) is 4.64. The Labute approximate surface area is 115 Å². The largest absolute Gasteiger partial charge is 0.214 e. The van der Waals surface area contributed by atoms with E-state index in [9.17, 15) is 8.42 Å². The Hall–Kier alpha value is -0.580. The lowest BCUT2D eigenvalue weighted by Gasteiger charge is -2.25. The average Bonchev–Trinajstić information content (AvgIpc) is 2.37. The zero-order valence-corrected chi connectivity index (χ0v) is 12.6. The number of halogens is 1. The van der Waals surface area contributed by atoms with Gasteiger partial charge in [0.15, 0.2) is 0 Å². The molecule has 0 amide bonds. The maximum Gasteiger partial charge on any atom is 0.214 e. The third kappa shape index (κ3) is 3.97. The second-order valence-corrected chi connectivity index (χ2v) is 7.02. The number of sulfonamides is 1. The number of hydrogen-bond donors (Lipinski definition) is 0. The monoisotopic (exact) mass is 289 g/mol. The molecule has 102 valence electrons. The van der Waals surface area contributed by atoms with E-state index in [-0.39, 0.29) is 17.7 Å². The molecule has 0 heterocycles. The summed E-state index contributed by atoms with van der Waals surface area (Å²) >= 11 is 5.68. The average molecular weight is 290 g/mol. The van der Waals surface area contributed by atoms with Crippen LogP contribution in [-0.2, 0) is 10.0 Å². The summed E-state index contributed by atoms with van der Waals surface area (Å²) in [5.41, 5.74) is 0.988. The molecule has 1 rings (SSSR count). The fourth-order valence-corrected chi connectivity index (χ4v) is 3.62. The Balaban J connectivity index is 2.84. The predicted molar refractivity (Wildman–Crippen MR) is 76.3 cm³/mol. The molecular weight excluding hydrogens is 270 g/mol. The van der Waals surface area contributed by atoms with Crippen LogP contribution in [0.25, 0.3) is 0 Å². The number of rotatable bonds is 6. The standard InChI is InChI=1S/C13H20ClNO2S/c1-11(9-14)10-18(16,17)15(3)12(2)13-7-5-4-6-8-13/h4-8,11-12H,9-10H2,1-3H3. The molecule has 1 aromatic carbocycles. The minimum atomic E-state index is -3.27. The first-order valence-electron chi connectivity index (χ1n) is 5.95. The summed E-state index contributed by atoms with van der Waals surface area (Å²) in [6.07, 6.45) is 0. The Kier molecular flexibility index (Phi) is 5.63. The van der Waals surface area contributed by atoms with Crippen LogP contribution in [-0.4, -0.2) is 31.4 Å². The highest BCUT2D eigenvalue weighted by molar-refractivity contribution is 7.89. The van der Waals surface area contributed by atoms with Gasteiger partial charge in [0.05, 0.1) is 5.75 Å². The SMILES string of the molecule is CC(CCl)CS(=O)(=O)N(C)C(C)c1ccccc1. The van der Waals surface area contributed by atoms with Crippen LogP contribution in [0.4, 0.5) is 0 Å². The van der Waals surface area contributed by atoms with Crippen molar-refractivity contribution in [2.75, 3.05) is 18.7 Å². The third-order valence-electron chi connectivity index (χ3n) is 3.02. The molecule has 0 fully saturated rings. The van der Waals surface area contributed by atoms with Gasteiger partial charge in [-0.25, -0.2) is 8.42 Å². The quantitative estimate of drug-likeness (QED) is 0.755. The minimum Gasteiger partial charge on any atom is -0.212 e. The first kappa shape index (κ1) is 15.5. The van der Waals surface area contributed by atoms with Crippen molar-refractivity contribution in [1.29, 1.82) is 0 Å². The van der Waals surface area contributed by atoms with Crippen LogP contribution in [0, 0.1) is 5.92 Å². The molecule has 2 atom stereocenters. The molecule has 0 aromatic heterocycles. The summed E-state index contributed by atoms with van der Waals surface area (Å²) in [4.78, 5) is 0. The predicted octanol–water partition coefficient (Wildman–Crippen LogP) is 2.88. The smallest absolute Gasteiger partial charge is 0.212 e. The van der Waals surface area contributed by atoms with Crippen LogP contribution in [0.3, 0.4) is 0 Å². The molecule has 0 N–H and O–H groups in total. The van der Waals surface area contributed by atoms with Crippen molar-refractivity contribution < 1.29 is 8.42 Å². The minimum absolute atomic E-state index is 0.0397. The van der Waals surface area contributed by atoms with Crippen molar-refractivity contribution >= 4 is 21.6 Å². The molecule has 18 heavy (non-hydrogen) atoms. The molecule has 0 aliphatic rings. The Bertz CT molecular complexity index is 461. The molecule has 0 radical (unpaired) electrons. The molecule has 1 aromatic rings. The molecule has 0 bridgehead atoms. The number of benzene rings is 1. The van der Waals surface area contributed by atoms with E-state index in [0.717, 1.165) is 5.56 Å². The van der Waals surface area contributed by atoms with E-state index < -0.39 is 10.0 Å². The lowest BCUT2D eigenvalue weighted by molar-refractivity contribution is 0.395. The van der Waals surface area contributed by atoms with Gasteiger partial charge in [-0.05, 0) is 18.4 Å². The molecule has 2 unspecified atom stereocenters. The van der Waals surface area contributed by atoms with Crippen molar-refractivity contribution in [2.24, 2.45) is 5.92 Å². The fourth-order valence-electron chi connectivity index (χ4n) is 1.70. The van der Waals surface area contributed by atoms with E-state index >= 15 is 0 Å². The number of hydrogen-bond acceptors (Lipinski definition) is 2. The van der Waals surface area contributed by atoms with Crippen molar-refractivity contribution in [3.8, 4) is 0 Å². The summed E-state index contributed by atoms with van der Waals surface area (Å²) in [5, 5.41) is 0. The highest BCUT2D eigenvalue weighted by atomic mass is 35.5. The highest BCUT2D eigenvalue weighted by Crippen LogP contribution is 2.22. The summed E-state index contributed by atoms with van der Waals surface area (Å²) in [6.45, 7) is 3.73. The van der Waals surface area contributed by atoms with Crippen LogP contribution in [0.5, 0.6) is 0 Å². The van der Waals surface area contributed by atoms with Crippen LogP contribution in [0.2, 0.25) is 0 Å². The van der Waals surface area contributed by atoms with Gasteiger partial charge in [-0.2, -0.15) is 4.31 Å². The van der Waals surface area contributed by atoms with E-state index in [1.807, 2.05) is 44.2 Å². The topological polar surface area (TPSA) is 37.4 Å². The molecule has 5 heteroatoms. The van der Waals surface area contributed by atoms with Gasteiger partial charge in [-0.1, -0.05) is 37.3 Å². The Morgan fingerprint density at radius 3 is 2.28 bits per heavy atom. The van der Waals surface area contributed by atoms with Gasteiger partial charge in [0, 0.05) is 19.0 Å². The van der Waals surface area contributed by atoms with E-state index in [4.69, 9.17) is 11.6 Å². The van der Waals surface area contributed by atoms with Gasteiger partial charge < -0.3 is 0 Å². The van der Waals surface area contributed by atoms with Gasteiger partial charge >= 0.3 is 0 Å². The normalized spacial score (nSPS) is 15.6. The summed E-state index contributed by atoms with van der Waals surface area (Å²) in [5.74, 6) is 0.402. The molecule has 0 saturated carbocycles. The van der Waals surface area contributed by atoms with Crippen molar-refractivity contribution in [1.82, 2.24) is 4.31 Å². The van der Waals surface area contributed by atoms with Crippen LogP contribution in [0.15, 0.2) is 30.3 Å². The van der Waals surface area contributed by atoms with E-state index in [2.05, 4.69) is 0 Å². The van der Waals surface area contributed by atoms with E-state index in [0.29, 0.717) is 5.88 Å². The summed E-state index contributed by atoms with van der Waals surface area (Å²) < 4.78 is 25.8. The van der Waals surface area contributed by atoms with Gasteiger partial charge in [0.25, 0.3) is 0 Å². The first-order valence-corrected chi connectivity index (χ1v) is 8.09. The van der Waals surface area contributed by atoms with E-state index in [1.165, 1.54) is 4.31 Å². The van der Waals surface area contributed by atoms with Crippen molar-refractivity contribution in [2.45, 2.75) is 19.9 Å². The summed E-state index contributed by atoms with van der Waals surface area (Å²) in [6, 6.07) is 9.43. The van der Waals surface area contributed by atoms with Gasteiger partial charge in [-0.15, -0.1) is 11.6 Å². The van der Waals surface area contributed by atoms with Gasteiger partial charge in [0.1, 0.15) is 0 Å². The zero-order chi connectivity index (χ0) is 13.8. The Morgan fingerprint density at radius 1 is 1.22 bits per heavy atom. The molecule has 0 aliphatic carbocycles. The Morgan fingerprint density at radius 2 is 1.78 bits per heavy atom. The van der Waals surface area contributed by atoms with Crippen LogP contribution in [0.1, 0.15) is 25.5 Å². The number of nitrogens with zero attached hydrogens (tertiary/aromatic N) is 1. The molecule has 0 spiro atoms. The molecule has 0 saturated heterocycles. The fraction of sp³-hybridized carbons (Fsp3) is 0.538. The number of alkyl halides is 1. The van der Waals surface area contributed by atoms with Crippen LogP contribution < -0.4 is 0 Å². The maximum absolute atomic E-state index is 12.2. The zero-order valence-electron chi connectivity index (χ0n) is 11.0. The molecular formula is C13H20ClNO2S. The third-order valence-corrected chi connectivity index (χ3v) is 5.74. The van der Waals surface area contributed by atoms with Gasteiger partial charge in [0.2, 0.25) is 10.0 Å². The lowest BCUT2D eigenvalue weighted by atomic mass is 10.1. The van der Waals surface area contributed by atoms with Crippen LogP contribution >= 0.6 is 11.6 Å². The first-order chi connectivity index (χ1) is 8.38. The van der Waals surface area contributed by atoms with E-state index in [1.54, 1.807) is 7.05 Å². The lowest BCUT2D eigenvalue weighted by Crippen LogP contribution is -2.34. The van der Waals surface area contributed by atoms with Crippen molar-refractivity contribution in [3.63, 3.8) is 0 Å². The second kappa shape index (κ2) is 6.55. The molecule has 0 aliphatic heterocycles. The molecule has 3 nitrogen and oxygen atoms in total. The highest BCUT2D eigenvalue weighted by Gasteiger charge is 2.25. The van der Waals surface area contributed by atoms with Crippen molar-refractivity contribution in [3.05, 3.63) is 35.9 Å². The summed E-state index contributed by atoms with van der Waals surface area (Å²) in [7, 11) is -1.65.